The zero-order valence-electron chi connectivity index (χ0n) is 10.3. The topological polar surface area (TPSA) is 38.0 Å². The standard InChI is InChI=1S/C14H13F3N2/c1-8(9-2-4-10(15)5-3-9)19-14-12(16)6-11(18)7-13(14)17/h2-8,19H,18H2,1H3. The van der Waals surface area contributed by atoms with Crippen LogP contribution in [0.15, 0.2) is 36.4 Å². The van der Waals surface area contributed by atoms with Crippen molar-refractivity contribution in [3.05, 3.63) is 59.4 Å². The smallest absolute Gasteiger partial charge is 0.151 e. The highest BCUT2D eigenvalue weighted by Gasteiger charge is 2.14. The van der Waals surface area contributed by atoms with E-state index in [2.05, 4.69) is 5.32 Å². The van der Waals surface area contributed by atoms with Crippen LogP contribution < -0.4 is 11.1 Å². The average molecular weight is 266 g/mol. The quantitative estimate of drug-likeness (QED) is 0.828. The van der Waals surface area contributed by atoms with Crippen molar-refractivity contribution in [3.8, 4) is 0 Å². The molecular formula is C14H13F3N2. The monoisotopic (exact) mass is 266 g/mol. The first-order chi connectivity index (χ1) is 8.97. The molecule has 0 aliphatic rings. The van der Waals surface area contributed by atoms with Gasteiger partial charge in [0.1, 0.15) is 11.5 Å². The third kappa shape index (κ3) is 2.99. The van der Waals surface area contributed by atoms with Crippen molar-refractivity contribution < 1.29 is 13.2 Å². The van der Waals surface area contributed by atoms with E-state index in [0.29, 0.717) is 0 Å². The lowest BCUT2D eigenvalue weighted by Gasteiger charge is -2.17. The molecule has 0 saturated carbocycles. The molecule has 5 heteroatoms. The van der Waals surface area contributed by atoms with E-state index in [9.17, 15) is 13.2 Å². The maximum absolute atomic E-state index is 13.6. The number of hydrogen-bond acceptors (Lipinski definition) is 2. The number of benzene rings is 2. The van der Waals surface area contributed by atoms with E-state index in [4.69, 9.17) is 5.73 Å². The van der Waals surface area contributed by atoms with E-state index in [1.54, 1.807) is 19.1 Å². The summed E-state index contributed by atoms with van der Waals surface area (Å²) in [5.41, 5.74) is 5.84. The predicted octanol–water partition coefficient (Wildman–Crippen LogP) is 3.86. The molecule has 2 aromatic rings. The largest absolute Gasteiger partial charge is 0.399 e. The molecular weight excluding hydrogens is 253 g/mol. The molecule has 0 aromatic heterocycles. The van der Waals surface area contributed by atoms with Crippen LogP contribution in [0.3, 0.4) is 0 Å². The van der Waals surface area contributed by atoms with Crippen molar-refractivity contribution in [3.63, 3.8) is 0 Å². The zero-order valence-corrected chi connectivity index (χ0v) is 10.3. The molecule has 0 spiro atoms. The van der Waals surface area contributed by atoms with Gasteiger partial charge in [0.05, 0.1) is 0 Å². The van der Waals surface area contributed by atoms with Gasteiger partial charge in [-0.15, -0.1) is 0 Å². The molecule has 0 saturated heterocycles. The van der Waals surface area contributed by atoms with Crippen molar-refractivity contribution in [1.29, 1.82) is 0 Å². The molecule has 1 unspecified atom stereocenters. The van der Waals surface area contributed by atoms with Gasteiger partial charge in [-0.05, 0) is 36.8 Å². The van der Waals surface area contributed by atoms with Gasteiger partial charge in [-0.25, -0.2) is 13.2 Å². The highest BCUT2D eigenvalue weighted by Crippen LogP contribution is 2.26. The molecule has 2 rings (SSSR count). The van der Waals surface area contributed by atoms with Crippen LogP contribution >= 0.6 is 0 Å². The summed E-state index contributed by atoms with van der Waals surface area (Å²) in [6, 6.07) is 7.42. The van der Waals surface area contributed by atoms with E-state index in [1.165, 1.54) is 12.1 Å². The van der Waals surface area contributed by atoms with Crippen LogP contribution in [-0.2, 0) is 0 Å². The van der Waals surface area contributed by atoms with E-state index in [1.807, 2.05) is 0 Å². The molecule has 0 heterocycles. The Bertz CT molecular complexity index is 559. The zero-order chi connectivity index (χ0) is 14.0. The first-order valence-electron chi connectivity index (χ1n) is 5.74. The lowest BCUT2D eigenvalue weighted by molar-refractivity contribution is 0.585. The summed E-state index contributed by atoms with van der Waals surface area (Å²) in [7, 11) is 0. The van der Waals surface area contributed by atoms with E-state index in [0.717, 1.165) is 17.7 Å². The van der Waals surface area contributed by atoms with Crippen molar-refractivity contribution in [2.45, 2.75) is 13.0 Å². The highest BCUT2D eigenvalue weighted by molar-refractivity contribution is 5.55. The number of hydrogen-bond donors (Lipinski definition) is 2. The molecule has 3 N–H and O–H groups in total. The number of rotatable bonds is 3. The minimum atomic E-state index is -0.758. The fourth-order valence-electron chi connectivity index (χ4n) is 1.78. The van der Waals surface area contributed by atoms with Crippen LogP contribution in [0.1, 0.15) is 18.5 Å². The van der Waals surface area contributed by atoms with Crippen LogP contribution in [0, 0.1) is 17.5 Å². The van der Waals surface area contributed by atoms with E-state index in [-0.39, 0.29) is 23.2 Å². The summed E-state index contributed by atoms with van der Waals surface area (Å²) < 4.78 is 40.0. The molecule has 0 fully saturated rings. The molecule has 0 aliphatic carbocycles. The Hall–Kier alpha value is -2.17. The van der Waals surface area contributed by atoms with E-state index < -0.39 is 11.6 Å². The van der Waals surface area contributed by atoms with Crippen LogP contribution in [0.25, 0.3) is 0 Å². The van der Waals surface area contributed by atoms with Gasteiger partial charge in [-0.3, -0.25) is 0 Å². The third-order valence-electron chi connectivity index (χ3n) is 2.80. The molecule has 2 aromatic carbocycles. The molecule has 100 valence electrons. The molecule has 19 heavy (non-hydrogen) atoms. The third-order valence-corrected chi connectivity index (χ3v) is 2.80. The number of nitrogen functional groups attached to an aromatic ring is 1. The summed E-state index contributed by atoms with van der Waals surface area (Å²) in [5, 5.41) is 2.71. The Balaban J connectivity index is 2.24. The molecule has 0 aliphatic heterocycles. The fraction of sp³-hybridized carbons (Fsp3) is 0.143. The number of anilines is 2. The molecule has 1 atom stereocenters. The van der Waals surface area contributed by atoms with Gasteiger partial charge in [0, 0.05) is 11.7 Å². The molecule has 0 radical (unpaired) electrons. The minimum absolute atomic E-state index is 0.0231. The van der Waals surface area contributed by atoms with E-state index >= 15 is 0 Å². The SMILES string of the molecule is CC(Nc1c(F)cc(N)cc1F)c1ccc(F)cc1. The van der Waals surface area contributed by atoms with Crippen LogP contribution in [0.5, 0.6) is 0 Å². The Morgan fingerprint density at radius 2 is 1.53 bits per heavy atom. The average Bonchev–Trinajstić information content (AvgIpc) is 2.34. The number of nitrogens with one attached hydrogen (secondary N) is 1. The maximum Gasteiger partial charge on any atom is 0.151 e. The van der Waals surface area contributed by atoms with Gasteiger partial charge >= 0.3 is 0 Å². The normalized spacial score (nSPS) is 12.2. The number of halogens is 3. The molecule has 2 nitrogen and oxygen atoms in total. The van der Waals surface area contributed by atoms with Crippen molar-refractivity contribution >= 4 is 11.4 Å². The summed E-state index contributed by atoms with van der Waals surface area (Å²) >= 11 is 0. The Kier molecular flexibility index (Phi) is 3.64. The Morgan fingerprint density at radius 1 is 1.00 bits per heavy atom. The first-order valence-corrected chi connectivity index (χ1v) is 5.74. The molecule has 0 amide bonds. The first kappa shape index (κ1) is 13.3. The van der Waals surface area contributed by atoms with Gasteiger partial charge < -0.3 is 11.1 Å². The van der Waals surface area contributed by atoms with Crippen molar-refractivity contribution in [2.24, 2.45) is 0 Å². The summed E-state index contributed by atoms with van der Waals surface area (Å²) in [6.07, 6.45) is 0. The Morgan fingerprint density at radius 3 is 2.05 bits per heavy atom. The van der Waals surface area contributed by atoms with Gasteiger partial charge in [0.2, 0.25) is 0 Å². The lowest BCUT2D eigenvalue weighted by atomic mass is 10.1. The molecule has 0 bridgehead atoms. The van der Waals surface area contributed by atoms with Crippen LogP contribution in [0.4, 0.5) is 24.5 Å². The number of nitrogens with two attached hydrogens (primary N) is 1. The van der Waals surface area contributed by atoms with Gasteiger partial charge in [0.15, 0.2) is 11.6 Å². The van der Waals surface area contributed by atoms with Crippen LogP contribution in [0.2, 0.25) is 0 Å². The maximum atomic E-state index is 13.6. The second kappa shape index (κ2) is 5.22. The summed E-state index contributed by atoms with van der Waals surface area (Å²) in [5.74, 6) is -1.88. The predicted molar refractivity (Wildman–Crippen MR) is 69.2 cm³/mol. The van der Waals surface area contributed by atoms with Crippen molar-refractivity contribution in [1.82, 2.24) is 0 Å². The van der Waals surface area contributed by atoms with Crippen molar-refractivity contribution in [2.75, 3.05) is 11.1 Å². The second-order valence-corrected chi connectivity index (χ2v) is 4.28. The van der Waals surface area contributed by atoms with Gasteiger partial charge in [-0.2, -0.15) is 0 Å². The van der Waals surface area contributed by atoms with Crippen LogP contribution in [-0.4, -0.2) is 0 Å². The summed E-state index contributed by atoms with van der Waals surface area (Å²) in [4.78, 5) is 0. The highest BCUT2D eigenvalue weighted by atomic mass is 19.1. The van der Waals surface area contributed by atoms with Gasteiger partial charge in [-0.1, -0.05) is 12.1 Å². The minimum Gasteiger partial charge on any atom is -0.399 e. The lowest BCUT2D eigenvalue weighted by Crippen LogP contribution is -2.10. The van der Waals surface area contributed by atoms with Gasteiger partial charge in [0.25, 0.3) is 0 Å². The fourth-order valence-corrected chi connectivity index (χ4v) is 1.78. The summed E-state index contributed by atoms with van der Waals surface area (Å²) in [6.45, 7) is 1.72. The Labute approximate surface area is 109 Å². The second-order valence-electron chi connectivity index (χ2n) is 4.28.